The minimum atomic E-state index is 0.675. The predicted molar refractivity (Wildman–Crippen MR) is 81.6 cm³/mol. The molecule has 1 atom stereocenters. The van der Waals surface area contributed by atoms with Gasteiger partial charge in [0.25, 0.3) is 0 Å². The molecule has 1 aromatic carbocycles. The van der Waals surface area contributed by atoms with Crippen molar-refractivity contribution >= 4 is 0 Å². The normalized spacial score (nSPS) is 19.2. The highest BCUT2D eigenvalue weighted by Crippen LogP contribution is 2.18. The molecule has 0 aliphatic carbocycles. The highest BCUT2D eigenvalue weighted by molar-refractivity contribution is 5.31. The summed E-state index contributed by atoms with van der Waals surface area (Å²) in [7, 11) is 1.67. The molecule has 1 aromatic rings. The van der Waals surface area contributed by atoms with Crippen molar-refractivity contribution in [2.75, 3.05) is 39.9 Å². The number of hydrogen-bond acceptors (Lipinski definition) is 4. The monoisotopic (exact) mass is 278 g/mol. The van der Waals surface area contributed by atoms with Gasteiger partial charge in [-0.15, -0.1) is 0 Å². The van der Waals surface area contributed by atoms with Gasteiger partial charge in [0.15, 0.2) is 0 Å². The van der Waals surface area contributed by atoms with Gasteiger partial charge in [-0.05, 0) is 50.2 Å². The lowest BCUT2D eigenvalue weighted by molar-refractivity contribution is 0.194. The zero-order chi connectivity index (χ0) is 14.2. The van der Waals surface area contributed by atoms with Crippen molar-refractivity contribution in [1.82, 2.24) is 10.2 Å². The maximum atomic E-state index is 5.80. The van der Waals surface area contributed by atoms with Gasteiger partial charge in [0.1, 0.15) is 18.1 Å². The molecule has 4 heteroatoms. The molecule has 1 saturated heterocycles. The first-order chi connectivity index (χ1) is 9.83. The van der Waals surface area contributed by atoms with Gasteiger partial charge in [-0.1, -0.05) is 6.92 Å². The van der Waals surface area contributed by atoms with Gasteiger partial charge in [0, 0.05) is 19.1 Å². The summed E-state index contributed by atoms with van der Waals surface area (Å²) in [6.45, 7) is 7.25. The molecule has 0 aromatic heterocycles. The van der Waals surface area contributed by atoms with E-state index in [1.165, 1.54) is 19.4 Å². The van der Waals surface area contributed by atoms with Crippen molar-refractivity contribution in [3.8, 4) is 11.5 Å². The van der Waals surface area contributed by atoms with Crippen LogP contribution in [0.15, 0.2) is 24.3 Å². The average Bonchev–Trinajstić information content (AvgIpc) is 2.93. The minimum Gasteiger partial charge on any atom is -0.497 e. The van der Waals surface area contributed by atoms with E-state index in [1.54, 1.807) is 7.11 Å². The van der Waals surface area contributed by atoms with E-state index in [-0.39, 0.29) is 0 Å². The average molecular weight is 278 g/mol. The molecule has 1 fully saturated rings. The molecule has 1 N–H and O–H groups in total. The number of hydrogen-bond donors (Lipinski definition) is 1. The number of nitrogens with one attached hydrogen (secondary N) is 1. The summed E-state index contributed by atoms with van der Waals surface area (Å²) < 4.78 is 10.9. The van der Waals surface area contributed by atoms with Crippen LogP contribution in [0.1, 0.15) is 19.8 Å². The quantitative estimate of drug-likeness (QED) is 0.790. The Bertz CT molecular complexity index is 381. The van der Waals surface area contributed by atoms with Crippen LogP contribution in [0.2, 0.25) is 0 Å². The standard InChI is InChI=1S/C16H26N2O2/c1-3-17-13-14-5-4-10-18(14)11-12-20-16-8-6-15(19-2)7-9-16/h6-9,14,17H,3-5,10-13H2,1-2H3. The third kappa shape index (κ3) is 4.39. The Hall–Kier alpha value is -1.26. The molecule has 20 heavy (non-hydrogen) atoms. The summed E-state index contributed by atoms with van der Waals surface area (Å²) in [5.41, 5.74) is 0. The molecule has 4 nitrogen and oxygen atoms in total. The Morgan fingerprint density at radius 2 is 2.00 bits per heavy atom. The second-order valence-electron chi connectivity index (χ2n) is 5.16. The molecule has 1 aliphatic heterocycles. The van der Waals surface area contributed by atoms with E-state index in [4.69, 9.17) is 9.47 Å². The van der Waals surface area contributed by atoms with E-state index in [9.17, 15) is 0 Å². The van der Waals surface area contributed by atoms with Crippen molar-refractivity contribution < 1.29 is 9.47 Å². The topological polar surface area (TPSA) is 33.7 Å². The largest absolute Gasteiger partial charge is 0.497 e. The second-order valence-corrected chi connectivity index (χ2v) is 5.16. The zero-order valence-corrected chi connectivity index (χ0v) is 12.6. The molecule has 0 radical (unpaired) electrons. The summed E-state index contributed by atoms with van der Waals surface area (Å²) in [6, 6.07) is 8.45. The van der Waals surface area contributed by atoms with E-state index in [0.29, 0.717) is 6.04 Å². The summed E-state index contributed by atoms with van der Waals surface area (Å²) in [4.78, 5) is 2.53. The van der Waals surface area contributed by atoms with Gasteiger partial charge in [0.05, 0.1) is 7.11 Å². The van der Waals surface area contributed by atoms with Crippen LogP contribution >= 0.6 is 0 Å². The molecular formula is C16H26N2O2. The Morgan fingerprint density at radius 3 is 2.70 bits per heavy atom. The molecule has 112 valence electrons. The summed E-state index contributed by atoms with van der Waals surface area (Å²) in [5, 5.41) is 3.44. The molecular weight excluding hydrogens is 252 g/mol. The number of ether oxygens (including phenoxy) is 2. The highest BCUT2D eigenvalue weighted by Gasteiger charge is 2.23. The summed E-state index contributed by atoms with van der Waals surface area (Å²) in [5.74, 6) is 1.77. The second kappa shape index (κ2) is 8.12. The first-order valence-electron chi connectivity index (χ1n) is 7.55. The minimum absolute atomic E-state index is 0.675. The number of likely N-dealkylation sites (tertiary alicyclic amines) is 1. The van der Waals surface area contributed by atoms with E-state index < -0.39 is 0 Å². The van der Waals surface area contributed by atoms with Crippen LogP contribution in [-0.2, 0) is 0 Å². The number of benzene rings is 1. The van der Waals surface area contributed by atoms with Gasteiger partial charge in [-0.2, -0.15) is 0 Å². The van der Waals surface area contributed by atoms with Crippen LogP contribution < -0.4 is 14.8 Å². The third-order valence-electron chi connectivity index (χ3n) is 3.84. The lowest BCUT2D eigenvalue weighted by Gasteiger charge is -2.24. The molecule has 0 spiro atoms. The van der Waals surface area contributed by atoms with E-state index >= 15 is 0 Å². The number of rotatable bonds is 8. The summed E-state index contributed by atoms with van der Waals surface area (Å²) in [6.07, 6.45) is 2.61. The molecule has 2 rings (SSSR count). The fourth-order valence-corrected chi connectivity index (χ4v) is 2.68. The van der Waals surface area contributed by atoms with E-state index in [1.807, 2.05) is 24.3 Å². The van der Waals surface area contributed by atoms with Crippen molar-refractivity contribution in [2.45, 2.75) is 25.8 Å². The Labute approximate surface area is 122 Å². The number of likely N-dealkylation sites (N-methyl/N-ethyl adjacent to an activating group) is 1. The van der Waals surface area contributed by atoms with Crippen LogP contribution in [0.25, 0.3) is 0 Å². The van der Waals surface area contributed by atoms with Gasteiger partial charge < -0.3 is 14.8 Å². The van der Waals surface area contributed by atoms with Gasteiger partial charge in [0.2, 0.25) is 0 Å². The highest BCUT2D eigenvalue weighted by atomic mass is 16.5. The fourth-order valence-electron chi connectivity index (χ4n) is 2.68. The lowest BCUT2D eigenvalue weighted by Crippen LogP contribution is -2.39. The predicted octanol–water partition coefficient (Wildman–Crippen LogP) is 2.15. The van der Waals surface area contributed by atoms with Crippen LogP contribution in [0.3, 0.4) is 0 Å². The SMILES string of the molecule is CCNCC1CCCN1CCOc1ccc(OC)cc1. The van der Waals surface area contributed by atoms with Crippen molar-refractivity contribution in [3.63, 3.8) is 0 Å². The Morgan fingerprint density at radius 1 is 1.25 bits per heavy atom. The molecule has 1 heterocycles. The maximum Gasteiger partial charge on any atom is 0.119 e. The van der Waals surface area contributed by atoms with Crippen molar-refractivity contribution in [3.05, 3.63) is 24.3 Å². The Kier molecular flexibility index (Phi) is 6.15. The van der Waals surface area contributed by atoms with E-state index in [0.717, 1.165) is 37.7 Å². The maximum absolute atomic E-state index is 5.80. The zero-order valence-electron chi connectivity index (χ0n) is 12.6. The van der Waals surface area contributed by atoms with Crippen LogP contribution in [0.4, 0.5) is 0 Å². The first kappa shape index (κ1) is 15.1. The lowest BCUT2D eigenvalue weighted by atomic mass is 10.2. The van der Waals surface area contributed by atoms with Gasteiger partial charge in [-0.25, -0.2) is 0 Å². The molecule has 0 saturated carbocycles. The summed E-state index contributed by atoms with van der Waals surface area (Å²) >= 11 is 0. The van der Waals surface area contributed by atoms with Crippen LogP contribution in [0.5, 0.6) is 11.5 Å². The molecule has 0 amide bonds. The first-order valence-corrected chi connectivity index (χ1v) is 7.55. The van der Waals surface area contributed by atoms with Crippen LogP contribution in [0, 0.1) is 0 Å². The fraction of sp³-hybridized carbons (Fsp3) is 0.625. The number of methoxy groups -OCH3 is 1. The van der Waals surface area contributed by atoms with Crippen molar-refractivity contribution in [1.29, 1.82) is 0 Å². The van der Waals surface area contributed by atoms with Gasteiger partial charge in [-0.3, -0.25) is 4.90 Å². The number of nitrogens with zero attached hydrogens (tertiary/aromatic N) is 1. The van der Waals surface area contributed by atoms with E-state index in [2.05, 4.69) is 17.1 Å². The molecule has 1 unspecified atom stereocenters. The molecule has 0 bridgehead atoms. The van der Waals surface area contributed by atoms with Crippen molar-refractivity contribution in [2.24, 2.45) is 0 Å². The Balaban J connectivity index is 1.71. The smallest absolute Gasteiger partial charge is 0.119 e. The third-order valence-corrected chi connectivity index (χ3v) is 3.84. The van der Waals surface area contributed by atoms with Crippen LogP contribution in [-0.4, -0.2) is 50.8 Å². The molecule has 1 aliphatic rings. The van der Waals surface area contributed by atoms with Gasteiger partial charge >= 0.3 is 0 Å².